The van der Waals surface area contributed by atoms with Crippen molar-refractivity contribution >= 4 is 29.7 Å². The summed E-state index contributed by atoms with van der Waals surface area (Å²) in [6.07, 6.45) is 3.88. The summed E-state index contributed by atoms with van der Waals surface area (Å²) in [5.74, 6) is -4.61. The standard InChI is InChI=1S/C23H39N7O7/c1-13(2)9-18(23(36)37)30-22(35)17(10-14-11-26-12-27-14)29-21(34)16(6-7-19(31)32)28-20(33)15(25)5-3-4-8-24/h11-13,15-18H,3-10,24-25H2,1-2H3,(H,26,27)(H,28,33)(H,29,34)(H,30,35)(H,31,32)(H,36,37). The molecule has 1 rings (SSSR count). The quantitative estimate of drug-likeness (QED) is 0.107. The molecule has 10 N–H and O–H groups in total. The van der Waals surface area contributed by atoms with Gasteiger partial charge in [-0.2, -0.15) is 0 Å². The normalized spacial score (nSPS) is 14.3. The van der Waals surface area contributed by atoms with Crippen molar-refractivity contribution < 1.29 is 34.2 Å². The fourth-order valence-corrected chi connectivity index (χ4v) is 3.52. The number of imidazole rings is 1. The topological polar surface area (TPSA) is 243 Å². The maximum Gasteiger partial charge on any atom is 0.326 e. The zero-order valence-corrected chi connectivity index (χ0v) is 21.2. The Morgan fingerprint density at radius 3 is 2.11 bits per heavy atom. The molecule has 1 aromatic heterocycles. The van der Waals surface area contributed by atoms with Gasteiger partial charge in [-0.25, -0.2) is 9.78 Å². The minimum Gasteiger partial charge on any atom is -0.481 e. The summed E-state index contributed by atoms with van der Waals surface area (Å²) in [4.78, 5) is 68.1. The molecule has 14 nitrogen and oxygen atoms in total. The Morgan fingerprint density at radius 1 is 0.946 bits per heavy atom. The Hall–Kier alpha value is -3.52. The molecule has 0 radical (unpaired) electrons. The van der Waals surface area contributed by atoms with Gasteiger partial charge < -0.3 is 42.6 Å². The lowest BCUT2D eigenvalue weighted by Crippen LogP contribution is -2.57. The maximum atomic E-state index is 13.1. The molecule has 14 heteroatoms. The van der Waals surface area contributed by atoms with E-state index in [-0.39, 0.29) is 25.2 Å². The van der Waals surface area contributed by atoms with Crippen molar-refractivity contribution in [3.8, 4) is 0 Å². The molecule has 1 aromatic rings. The lowest BCUT2D eigenvalue weighted by atomic mass is 10.0. The summed E-state index contributed by atoms with van der Waals surface area (Å²) in [6, 6.07) is -4.62. The van der Waals surface area contributed by atoms with Gasteiger partial charge in [0.1, 0.15) is 18.1 Å². The number of aliphatic carboxylic acids is 2. The third kappa shape index (κ3) is 12.3. The molecule has 4 unspecified atom stereocenters. The average Bonchev–Trinajstić information content (AvgIpc) is 3.33. The zero-order chi connectivity index (χ0) is 28.0. The van der Waals surface area contributed by atoms with Gasteiger partial charge in [0.05, 0.1) is 12.4 Å². The molecule has 0 aromatic carbocycles. The Labute approximate surface area is 215 Å². The molecular formula is C23H39N7O7. The van der Waals surface area contributed by atoms with Crippen LogP contribution in [0.2, 0.25) is 0 Å². The minimum atomic E-state index is -1.29. The second-order valence-corrected chi connectivity index (χ2v) is 9.26. The van der Waals surface area contributed by atoms with E-state index >= 15 is 0 Å². The van der Waals surface area contributed by atoms with Crippen molar-refractivity contribution in [2.75, 3.05) is 6.54 Å². The van der Waals surface area contributed by atoms with Crippen molar-refractivity contribution in [3.05, 3.63) is 18.2 Å². The van der Waals surface area contributed by atoms with Crippen LogP contribution in [0.1, 0.15) is 58.1 Å². The third-order valence-electron chi connectivity index (χ3n) is 5.52. The first-order chi connectivity index (χ1) is 17.4. The van der Waals surface area contributed by atoms with Crippen LogP contribution < -0.4 is 27.4 Å². The lowest BCUT2D eigenvalue weighted by molar-refractivity contribution is -0.142. The van der Waals surface area contributed by atoms with Crippen LogP contribution in [0.5, 0.6) is 0 Å². The molecule has 0 saturated carbocycles. The molecule has 0 aliphatic rings. The van der Waals surface area contributed by atoms with Crippen molar-refractivity contribution in [1.29, 1.82) is 0 Å². The number of aromatic nitrogens is 2. The van der Waals surface area contributed by atoms with Crippen LogP contribution in [-0.2, 0) is 30.4 Å². The van der Waals surface area contributed by atoms with Crippen molar-refractivity contribution in [3.63, 3.8) is 0 Å². The number of hydrogen-bond donors (Lipinski definition) is 8. The number of H-pyrrole nitrogens is 1. The molecule has 0 aliphatic carbocycles. The van der Waals surface area contributed by atoms with Gasteiger partial charge in [0.2, 0.25) is 17.7 Å². The summed E-state index contributed by atoms with van der Waals surface area (Å²) in [5.41, 5.74) is 11.8. The van der Waals surface area contributed by atoms with Crippen molar-refractivity contribution in [2.45, 2.75) is 83.0 Å². The Morgan fingerprint density at radius 2 is 1.57 bits per heavy atom. The van der Waals surface area contributed by atoms with Gasteiger partial charge >= 0.3 is 11.9 Å². The molecule has 0 saturated heterocycles. The van der Waals surface area contributed by atoms with Crippen LogP contribution in [0.25, 0.3) is 0 Å². The predicted molar refractivity (Wildman–Crippen MR) is 133 cm³/mol. The van der Waals surface area contributed by atoms with E-state index in [1.165, 1.54) is 12.5 Å². The Bertz CT molecular complexity index is 892. The van der Waals surface area contributed by atoms with Crippen LogP contribution in [-0.4, -0.2) is 80.6 Å². The fourth-order valence-electron chi connectivity index (χ4n) is 3.52. The van der Waals surface area contributed by atoms with Crippen molar-refractivity contribution in [1.82, 2.24) is 25.9 Å². The maximum absolute atomic E-state index is 13.1. The van der Waals surface area contributed by atoms with E-state index < -0.39 is 60.2 Å². The zero-order valence-electron chi connectivity index (χ0n) is 21.2. The number of carbonyl (C=O) groups is 5. The molecule has 1 heterocycles. The number of amides is 3. The number of carbonyl (C=O) groups excluding carboxylic acids is 3. The van der Waals surface area contributed by atoms with Crippen LogP contribution in [0, 0.1) is 5.92 Å². The van der Waals surface area contributed by atoms with E-state index in [0.717, 1.165) is 0 Å². The van der Waals surface area contributed by atoms with E-state index in [1.54, 1.807) is 0 Å². The lowest BCUT2D eigenvalue weighted by Gasteiger charge is -2.25. The molecule has 0 aliphatic heterocycles. The highest BCUT2D eigenvalue weighted by molar-refractivity contribution is 5.94. The number of unbranched alkanes of at least 4 members (excludes halogenated alkanes) is 1. The highest BCUT2D eigenvalue weighted by Gasteiger charge is 2.31. The number of hydrogen-bond acceptors (Lipinski definition) is 8. The van der Waals surface area contributed by atoms with E-state index in [1.807, 2.05) is 13.8 Å². The third-order valence-corrected chi connectivity index (χ3v) is 5.52. The largest absolute Gasteiger partial charge is 0.481 e. The van der Waals surface area contributed by atoms with Gasteiger partial charge in [0.25, 0.3) is 0 Å². The number of carboxylic acids is 2. The fraction of sp³-hybridized carbons (Fsp3) is 0.652. The SMILES string of the molecule is CC(C)CC(NC(=O)C(Cc1cnc[nH]1)NC(=O)C(CCC(=O)O)NC(=O)C(N)CCCCN)C(=O)O. The monoisotopic (exact) mass is 525 g/mol. The molecule has 37 heavy (non-hydrogen) atoms. The molecule has 3 amide bonds. The van der Waals surface area contributed by atoms with Crippen LogP contribution in [0.3, 0.4) is 0 Å². The first-order valence-electron chi connectivity index (χ1n) is 12.2. The molecular weight excluding hydrogens is 486 g/mol. The number of rotatable bonds is 18. The predicted octanol–water partition coefficient (Wildman–Crippen LogP) is -1.14. The van der Waals surface area contributed by atoms with Gasteiger partial charge in [-0.1, -0.05) is 20.3 Å². The second kappa shape index (κ2) is 16.3. The number of nitrogens with zero attached hydrogens (tertiary/aromatic N) is 1. The first kappa shape index (κ1) is 31.5. The second-order valence-electron chi connectivity index (χ2n) is 9.26. The molecule has 0 spiro atoms. The summed E-state index contributed by atoms with van der Waals surface area (Å²) >= 11 is 0. The number of aromatic amines is 1. The summed E-state index contributed by atoms with van der Waals surface area (Å²) in [5, 5.41) is 26.0. The summed E-state index contributed by atoms with van der Waals surface area (Å²) < 4.78 is 0. The molecule has 0 bridgehead atoms. The van der Waals surface area contributed by atoms with Gasteiger partial charge in [-0.05, 0) is 38.1 Å². The first-order valence-corrected chi connectivity index (χ1v) is 12.2. The number of carboxylic acid groups (broad SMARTS) is 2. The van der Waals surface area contributed by atoms with E-state index in [9.17, 15) is 29.1 Å². The van der Waals surface area contributed by atoms with Crippen LogP contribution >= 0.6 is 0 Å². The Balaban J connectivity index is 3.04. The van der Waals surface area contributed by atoms with Gasteiger partial charge in [-0.15, -0.1) is 0 Å². The highest BCUT2D eigenvalue weighted by Crippen LogP contribution is 2.08. The van der Waals surface area contributed by atoms with Gasteiger partial charge in [0.15, 0.2) is 0 Å². The van der Waals surface area contributed by atoms with Gasteiger partial charge in [0, 0.05) is 24.7 Å². The van der Waals surface area contributed by atoms with E-state index in [2.05, 4.69) is 25.9 Å². The van der Waals surface area contributed by atoms with Crippen LogP contribution in [0.4, 0.5) is 0 Å². The molecule has 208 valence electrons. The Kier molecular flexibility index (Phi) is 13.9. The highest BCUT2D eigenvalue weighted by atomic mass is 16.4. The number of nitrogens with one attached hydrogen (secondary N) is 4. The smallest absolute Gasteiger partial charge is 0.326 e. The summed E-state index contributed by atoms with van der Waals surface area (Å²) in [7, 11) is 0. The average molecular weight is 526 g/mol. The van der Waals surface area contributed by atoms with E-state index in [4.69, 9.17) is 16.6 Å². The molecule has 4 atom stereocenters. The van der Waals surface area contributed by atoms with Gasteiger partial charge in [-0.3, -0.25) is 19.2 Å². The molecule has 0 fully saturated rings. The summed E-state index contributed by atoms with van der Waals surface area (Å²) in [6.45, 7) is 4.06. The van der Waals surface area contributed by atoms with Crippen molar-refractivity contribution in [2.24, 2.45) is 17.4 Å². The minimum absolute atomic E-state index is 0.0216. The van der Waals surface area contributed by atoms with Crippen LogP contribution in [0.15, 0.2) is 12.5 Å². The number of nitrogens with two attached hydrogens (primary N) is 2. The van der Waals surface area contributed by atoms with E-state index in [0.29, 0.717) is 31.5 Å².